The quantitative estimate of drug-likeness (QED) is 0.310. The maximum Gasteiger partial charge on any atom is 0.558 e. The Balaban J connectivity index is 1.42. The monoisotopic (exact) mass is 241 g/mol. The highest BCUT2D eigenvalue weighted by atomic mass is 17.3. The minimum atomic E-state index is 0.221. The van der Waals surface area contributed by atoms with Crippen LogP contribution in [0.4, 0.5) is 0 Å². The smallest absolute Gasteiger partial charge is 0.264 e. The Morgan fingerprint density at radius 1 is 0.588 bits per heavy atom. The summed E-state index contributed by atoms with van der Waals surface area (Å²) < 4.78 is 0. The Bertz CT molecular complexity index is 171. The van der Waals surface area contributed by atoms with Gasteiger partial charge in [-0.3, -0.25) is 9.61 Å². The normalized spacial score (nSPS) is 23.8. The molecular formula is C12H22BO4. The molecule has 0 unspecified atom stereocenters. The zero-order valence-electron chi connectivity index (χ0n) is 10.4. The highest BCUT2D eigenvalue weighted by molar-refractivity contribution is 6.17. The van der Waals surface area contributed by atoms with Gasteiger partial charge in [0.25, 0.3) is 0 Å². The van der Waals surface area contributed by atoms with E-state index >= 15 is 0 Å². The minimum absolute atomic E-state index is 0.221. The van der Waals surface area contributed by atoms with E-state index in [1.807, 2.05) is 0 Å². The average Bonchev–Trinajstić information content (AvgIpc) is 2.41. The Hall–Kier alpha value is -0.0951. The predicted molar refractivity (Wildman–Crippen MR) is 63.8 cm³/mol. The molecule has 2 fully saturated rings. The first-order valence-electron chi connectivity index (χ1n) is 6.91. The fourth-order valence-electron chi connectivity index (χ4n) is 2.54. The maximum absolute atomic E-state index is 5.21. The van der Waals surface area contributed by atoms with E-state index in [-0.39, 0.29) is 12.2 Å². The van der Waals surface area contributed by atoms with Crippen molar-refractivity contribution < 1.29 is 19.4 Å². The van der Waals surface area contributed by atoms with Crippen LogP contribution in [0.2, 0.25) is 0 Å². The molecule has 0 aliphatic heterocycles. The molecule has 0 N–H and O–H groups in total. The molecule has 0 bridgehead atoms. The fraction of sp³-hybridized carbons (Fsp3) is 1.00. The molecule has 97 valence electrons. The van der Waals surface area contributed by atoms with Crippen LogP contribution in [0.5, 0.6) is 0 Å². The van der Waals surface area contributed by atoms with Crippen molar-refractivity contribution in [1.82, 2.24) is 0 Å². The van der Waals surface area contributed by atoms with Crippen LogP contribution in [0.15, 0.2) is 0 Å². The van der Waals surface area contributed by atoms with Crippen molar-refractivity contribution in [3.05, 3.63) is 0 Å². The Kier molecular flexibility index (Phi) is 6.34. The first-order valence-corrected chi connectivity index (χ1v) is 6.91. The summed E-state index contributed by atoms with van der Waals surface area (Å²) in [5, 5.41) is 0. The van der Waals surface area contributed by atoms with Crippen LogP contribution in [0.25, 0.3) is 0 Å². The molecule has 0 aromatic heterocycles. The lowest BCUT2D eigenvalue weighted by Crippen LogP contribution is -2.21. The van der Waals surface area contributed by atoms with Crippen molar-refractivity contribution in [3.63, 3.8) is 0 Å². The van der Waals surface area contributed by atoms with Gasteiger partial charge >= 0.3 is 7.69 Å². The SMILES string of the molecule is [B](OOC1CCCCC1)OOC1CCCCC1. The second-order valence-electron chi connectivity index (χ2n) is 5.00. The van der Waals surface area contributed by atoms with E-state index in [9.17, 15) is 0 Å². The first kappa shape index (κ1) is 13.3. The van der Waals surface area contributed by atoms with Gasteiger partial charge in [0.1, 0.15) is 0 Å². The molecule has 5 heteroatoms. The summed E-state index contributed by atoms with van der Waals surface area (Å²) in [4.78, 5) is 20.2. The molecule has 1 radical (unpaired) electrons. The largest absolute Gasteiger partial charge is 0.558 e. The van der Waals surface area contributed by atoms with E-state index in [0.717, 1.165) is 33.4 Å². The van der Waals surface area contributed by atoms with Crippen LogP contribution < -0.4 is 0 Å². The zero-order chi connectivity index (χ0) is 11.8. The van der Waals surface area contributed by atoms with Gasteiger partial charge in [-0.25, -0.2) is 9.78 Å². The van der Waals surface area contributed by atoms with Crippen LogP contribution in [0.1, 0.15) is 64.2 Å². The lowest BCUT2D eigenvalue weighted by Gasteiger charge is -2.21. The summed E-state index contributed by atoms with van der Waals surface area (Å²) in [6.07, 6.45) is 12.3. The van der Waals surface area contributed by atoms with E-state index in [1.165, 1.54) is 38.5 Å². The van der Waals surface area contributed by atoms with Crippen molar-refractivity contribution in [2.24, 2.45) is 0 Å². The van der Waals surface area contributed by atoms with Gasteiger partial charge in [0.2, 0.25) is 0 Å². The first-order chi connectivity index (χ1) is 8.45. The Labute approximate surface area is 104 Å². The molecule has 4 nitrogen and oxygen atoms in total. The van der Waals surface area contributed by atoms with Crippen LogP contribution >= 0.6 is 0 Å². The molecule has 2 rings (SSSR count). The molecule has 2 saturated carbocycles. The molecule has 0 saturated heterocycles. The van der Waals surface area contributed by atoms with Crippen LogP contribution in [-0.2, 0) is 19.4 Å². The van der Waals surface area contributed by atoms with E-state index in [1.54, 1.807) is 0 Å². The molecule has 0 amide bonds. The molecule has 0 aromatic carbocycles. The second kappa shape index (κ2) is 8.09. The molecule has 0 atom stereocenters. The summed E-state index contributed by atoms with van der Waals surface area (Å²) in [7, 11) is 1.16. The van der Waals surface area contributed by atoms with Gasteiger partial charge in [-0.1, -0.05) is 38.5 Å². The summed E-state index contributed by atoms with van der Waals surface area (Å²) in [6, 6.07) is 0. The van der Waals surface area contributed by atoms with Crippen LogP contribution in [0, 0.1) is 0 Å². The number of hydrogen-bond acceptors (Lipinski definition) is 4. The standard InChI is InChI=1S/C12H22BO4/c1-3-7-11(8-4-1)14-16-13-17-15-12-9-5-2-6-10-12/h11-12H,1-10H2. The van der Waals surface area contributed by atoms with Crippen molar-refractivity contribution in [2.75, 3.05) is 0 Å². The Morgan fingerprint density at radius 2 is 1.00 bits per heavy atom. The number of rotatable bonds is 6. The van der Waals surface area contributed by atoms with Gasteiger partial charge in [0.15, 0.2) is 0 Å². The van der Waals surface area contributed by atoms with Gasteiger partial charge in [-0.15, -0.1) is 0 Å². The maximum atomic E-state index is 5.21. The van der Waals surface area contributed by atoms with E-state index < -0.39 is 0 Å². The molecule has 0 aromatic rings. The lowest BCUT2D eigenvalue weighted by molar-refractivity contribution is -0.310. The molecule has 17 heavy (non-hydrogen) atoms. The fourth-order valence-corrected chi connectivity index (χ4v) is 2.54. The summed E-state index contributed by atoms with van der Waals surface area (Å²) in [5.74, 6) is 0. The molecule has 2 aliphatic carbocycles. The van der Waals surface area contributed by atoms with E-state index in [0.29, 0.717) is 0 Å². The van der Waals surface area contributed by atoms with Gasteiger partial charge in [-0.05, 0) is 25.7 Å². The summed E-state index contributed by atoms with van der Waals surface area (Å²) >= 11 is 0. The molecule has 0 heterocycles. The second-order valence-corrected chi connectivity index (χ2v) is 5.00. The van der Waals surface area contributed by atoms with Crippen molar-refractivity contribution in [3.8, 4) is 0 Å². The average molecular weight is 241 g/mol. The van der Waals surface area contributed by atoms with Gasteiger partial charge in [0.05, 0.1) is 12.2 Å². The Morgan fingerprint density at radius 3 is 1.41 bits per heavy atom. The number of hydrogen-bond donors (Lipinski definition) is 0. The molecule has 0 spiro atoms. The highest BCUT2D eigenvalue weighted by Gasteiger charge is 2.17. The third-order valence-electron chi connectivity index (χ3n) is 3.57. The lowest BCUT2D eigenvalue weighted by atomic mass is 9.98. The van der Waals surface area contributed by atoms with Crippen molar-refractivity contribution in [2.45, 2.75) is 76.4 Å². The van der Waals surface area contributed by atoms with Crippen LogP contribution in [0.3, 0.4) is 0 Å². The summed E-state index contributed by atoms with van der Waals surface area (Å²) in [6.45, 7) is 0. The zero-order valence-corrected chi connectivity index (χ0v) is 10.4. The predicted octanol–water partition coefficient (Wildman–Crippen LogP) is 3.08. The van der Waals surface area contributed by atoms with E-state index in [4.69, 9.17) is 19.4 Å². The van der Waals surface area contributed by atoms with Gasteiger partial charge < -0.3 is 0 Å². The van der Waals surface area contributed by atoms with Gasteiger partial charge in [0, 0.05) is 0 Å². The van der Waals surface area contributed by atoms with Crippen LogP contribution in [-0.4, -0.2) is 19.9 Å². The van der Waals surface area contributed by atoms with Crippen molar-refractivity contribution in [1.29, 1.82) is 0 Å². The van der Waals surface area contributed by atoms with Gasteiger partial charge in [-0.2, -0.15) is 0 Å². The molecule has 2 aliphatic rings. The third kappa shape index (κ3) is 5.38. The van der Waals surface area contributed by atoms with E-state index in [2.05, 4.69) is 0 Å². The topological polar surface area (TPSA) is 36.9 Å². The summed E-state index contributed by atoms with van der Waals surface area (Å²) in [5.41, 5.74) is 0. The van der Waals surface area contributed by atoms with Crippen molar-refractivity contribution >= 4 is 7.69 Å². The highest BCUT2D eigenvalue weighted by Crippen LogP contribution is 2.21. The third-order valence-corrected chi connectivity index (χ3v) is 3.57. The molecular weight excluding hydrogens is 219 g/mol. The minimum Gasteiger partial charge on any atom is -0.264 e.